The van der Waals surface area contributed by atoms with Crippen LogP contribution in [0.3, 0.4) is 0 Å². The van der Waals surface area contributed by atoms with Crippen molar-refractivity contribution in [1.29, 1.82) is 0 Å². The van der Waals surface area contributed by atoms with Gasteiger partial charge in [0.2, 0.25) is 21.1 Å². The molecule has 0 aliphatic rings. The summed E-state index contributed by atoms with van der Waals surface area (Å²) >= 11 is 2.76. The third-order valence-electron chi connectivity index (χ3n) is 2.98. The van der Waals surface area contributed by atoms with Crippen molar-refractivity contribution in [2.45, 2.75) is 18.2 Å². The third-order valence-corrected chi connectivity index (χ3v) is 6.52. The second-order valence-electron chi connectivity index (χ2n) is 5.88. The first kappa shape index (κ1) is 20.6. The maximum Gasteiger partial charge on any atom is 0.246 e. The summed E-state index contributed by atoms with van der Waals surface area (Å²) in [4.78, 5) is 12.2. The van der Waals surface area contributed by atoms with Gasteiger partial charge in [0.05, 0.1) is 11.9 Å². The van der Waals surface area contributed by atoms with Crippen molar-refractivity contribution in [3.05, 3.63) is 30.1 Å². The number of nitrogens with one attached hydrogen (secondary N) is 1. The zero-order valence-electron chi connectivity index (χ0n) is 14.5. The molecule has 1 aromatic carbocycles. The monoisotopic (exact) mass is 418 g/mol. The molecule has 0 saturated heterocycles. The summed E-state index contributed by atoms with van der Waals surface area (Å²) in [6, 6.07) is 5.05. The molecule has 0 aliphatic heterocycles. The maximum atomic E-state index is 13.4. The van der Waals surface area contributed by atoms with Crippen molar-refractivity contribution in [2.24, 2.45) is 5.92 Å². The number of rotatable bonds is 8. The van der Waals surface area contributed by atoms with Gasteiger partial charge in [-0.05, 0) is 24.1 Å². The number of carbonyl (C=O) groups excluding carboxylic acids is 1. The highest BCUT2D eigenvalue weighted by atomic mass is 32.2. The molecule has 0 radical (unpaired) electrons. The quantitative estimate of drug-likeness (QED) is 0.523. The molecule has 7 nitrogen and oxygen atoms in total. The average Bonchev–Trinajstić information content (AvgIpc) is 2.97. The Kier molecular flexibility index (Phi) is 6.95. The smallest absolute Gasteiger partial charge is 0.246 e. The Morgan fingerprint density at radius 2 is 2.12 bits per heavy atom. The van der Waals surface area contributed by atoms with Gasteiger partial charge in [0.15, 0.2) is 4.34 Å². The summed E-state index contributed by atoms with van der Waals surface area (Å²) in [6.45, 7) is 3.68. The lowest BCUT2D eigenvalue weighted by Gasteiger charge is -2.21. The number of amides is 1. The van der Waals surface area contributed by atoms with Gasteiger partial charge in [-0.1, -0.05) is 43.0 Å². The molecule has 0 spiro atoms. The second-order valence-corrected chi connectivity index (χ2v) is 10.0. The fraction of sp³-hybridized carbons (Fsp3) is 0.400. The molecule has 2 rings (SSSR count). The van der Waals surface area contributed by atoms with Crippen LogP contribution in [0.5, 0.6) is 0 Å². The molecule has 0 fully saturated rings. The standard InChI is InChI=1S/C15H19FN4O3S3/c1-10(2)9-24-15-19-18-14(25-15)17-13(21)8-20(26(3,22)23)12-6-4-5-11(16)7-12/h4-7,10H,8-9H2,1-3H3,(H,17,18,21). The van der Waals surface area contributed by atoms with Crippen molar-refractivity contribution in [3.8, 4) is 0 Å². The van der Waals surface area contributed by atoms with Crippen molar-refractivity contribution < 1.29 is 17.6 Å². The predicted octanol–water partition coefficient (Wildman–Crippen LogP) is 2.83. The van der Waals surface area contributed by atoms with Gasteiger partial charge < -0.3 is 0 Å². The minimum Gasteiger partial charge on any atom is -0.299 e. The first-order valence-corrected chi connectivity index (χ1v) is 11.3. The van der Waals surface area contributed by atoms with Crippen LogP contribution in [0.25, 0.3) is 0 Å². The van der Waals surface area contributed by atoms with Gasteiger partial charge >= 0.3 is 0 Å². The molecule has 0 saturated carbocycles. The van der Waals surface area contributed by atoms with E-state index in [1.807, 2.05) is 0 Å². The number of aromatic nitrogens is 2. The molecule has 11 heteroatoms. The van der Waals surface area contributed by atoms with Gasteiger partial charge in [0.25, 0.3) is 0 Å². The molecule has 0 unspecified atom stereocenters. The molecule has 0 atom stereocenters. The van der Waals surface area contributed by atoms with E-state index in [2.05, 4.69) is 29.4 Å². The van der Waals surface area contributed by atoms with Gasteiger partial charge in [-0.15, -0.1) is 10.2 Å². The van der Waals surface area contributed by atoms with Crippen molar-refractivity contribution >= 4 is 49.8 Å². The highest BCUT2D eigenvalue weighted by Gasteiger charge is 2.22. The fourth-order valence-corrected chi connectivity index (χ4v) is 4.47. The summed E-state index contributed by atoms with van der Waals surface area (Å²) in [5.74, 6) is 0.199. The van der Waals surface area contributed by atoms with Crippen LogP contribution in [0.4, 0.5) is 15.2 Å². The number of hydrogen-bond acceptors (Lipinski definition) is 7. The molecule has 1 aromatic heterocycles. The number of halogens is 1. The topological polar surface area (TPSA) is 92.3 Å². The minimum atomic E-state index is -3.77. The van der Waals surface area contributed by atoms with E-state index in [4.69, 9.17) is 0 Å². The molecule has 0 aliphatic carbocycles. The van der Waals surface area contributed by atoms with Crippen molar-refractivity contribution in [3.63, 3.8) is 0 Å². The molecule has 1 N–H and O–H groups in total. The molecule has 26 heavy (non-hydrogen) atoms. The predicted molar refractivity (Wildman–Crippen MR) is 103 cm³/mol. The van der Waals surface area contributed by atoms with Crippen LogP contribution in [0.15, 0.2) is 28.6 Å². The normalized spacial score (nSPS) is 11.6. The Morgan fingerprint density at radius 3 is 2.73 bits per heavy atom. The minimum absolute atomic E-state index is 0.0769. The van der Waals surface area contributed by atoms with Crippen LogP contribution < -0.4 is 9.62 Å². The molecule has 0 bridgehead atoms. The van der Waals surface area contributed by atoms with E-state index >= 15 is 0 Å². The maximum absolute atomic E-state index is 13.4. The molecular formula is C15H19FN4O3S3. The number of nitrogens with zero attached hydrogens (tertiary/aromatic N) is 3. The third kappa shape index (κ3) is 6.22. The first-order valence-electron chi connectivity index (χ1n) is 7.64. The fourth-order valence-electron chi connectivity index (χ4n) is 1.88. The van der Waals surface area contributed by atoms with Crippen LogP contribution in [0, 0.1) is 11.7 Å². The number of anilines is 2. The summed E-state index contributed by atoms with van der Waals surface area (Å²) < 4.78 is 38.9. The van der Waals surface area contributed by atoms with Gasteiger partial charge in [-0.3, -0.25) is 14.4 Å². The summed E-state index contributed by atoms with van der Waals surface area (Å²) in [5, 5.41) is 10.7. The van der Waals surface area contributed by atoms with Crippen LogP contribution in [-0.4, -0.2) is 43.1 Å². The SMILES string of the molecule is CC(C)CSc1nnc(NC(=O)CN(c2cccc(F)c2)S(C)(=O)=O)s1. The molecule has 142 valence electrons. The number of carbonyl (C=O) groups is 1. The number of thioether (sulfide) groups is 1. The molecular weight excluding hydrogens is 399 g/mol. The van der Waals surface area contributed by atoms with Crippen LogP contribution >= 0.6 is 23.1 Å². The van der Waals surface area contributed by atoms with E-state index in [1.54, 1.807) is 0 Å². The molecule has 1 amide bonds. The van der Waals surface area contributed by atoms with E-state index in [0.29, 0.717) is 5.92 Å². The Morgan fingerprint density at radius 1 is 1.38 bits per heavy atom. The Hall–Kier alpha value is -1.72. The zero-order valence-corrected chi connectivity index (χ0v) is 16.9. The van der Waals surface area contributed by atoms with Crippen LogP contribution in [0.2, 0.25) is 0 Å². The van der Waals surface area contributed by atoms with Gasteiger partial charge in [0.1, 0.15) is 12.4 Å². The van der Waals surface area contributed by atoms with Crippen molar-refractivity contribution in [1.82, 2.24) is 10.2 Å². The Labute approximate surface area is 160 Å². The lowest BCUT2D eigenvalue weighted by Crippen LogP contribution is -2.37. The van der Waals surface area contributed by atoms with E-state index in [1.165, 1.54) is 41.3 Å². The van der Waals surface area contributed by atoms with Crippen LogP contribution in [-0.2, 0) is 14.8 Å². The molecule has 2 aromatic rings. The van der Waals surface area contributed by atoms with Gasteiger partial charge in [-0.2, -0.15) is 0 Å². The Bertz CT molecular complexity index is 871. The summed E-state index contributed by atoms with van der Waals surface area (Å²) in [7, 11) is -3.77. The average molecular weight is 419 g/mol. The first-order chi connectivity index (χ1) is 12.1. The van der Waals surface area contributed by atoms with E-state index in [9.17, 15) is 17.6 Å². The van der Waals surface area contributed by atoms with E-state index in [0.717, 1.165) is 26.7 Å². The summed E-state index contributed by atoms with van der Waals surface area (Å²) in [5.41, 5.74) is 0.0769. The number of benzene rings is 1. The summed E-state index contributed by atoms with van der Waals surface area (Å²) in [6.07, 6.45) is 0.955. The van der Waals surface area contributed by atoms with E-state index < -0.39 is 28.3 Å². The Balaban J connectivity index is 2.06. The second kappa shape index (κ2) is 8.78. The number of sulfonamides is 1. The molecule has 1 heterocycles. The van der Waals surface area contributed by atoms with E-state index in [-0.39, 0.29) is 10.8 Å². The highest BCUT2D eigenvalue weighted by Crippen LogP contribution is 2.27. The van der Waals surface area contributed by atoms with Gasteiger partial charge in [-0.25, -0.2) is 12.8 Å². The zero-order chi connectivity index (χ0) is 19.3. The van der Waals surface area contributed by atoms with Gasteiger partial charge in [0, 0.05) is 5.75 Å². The van der Waals surface area contributed by atoms with Crippen molar-refractivity contribution in [2.75, 3.05) is 28.2 Å². The highest BCUT2D eigenvalue weighted by molar-refractivity contribution is 8.01. The van der Waals surface area contributed by atoms with Crippen LogP contribution in [0.1, 0.15) is 13.8 Å². The lowest BCUT2D eigenvalue weighted by atomic mass is 10.3. The largest absolute Gasteiger partial charge is 0.299 e. The lowest BCUT2D eigenvalue weighted by molar-refractivity contribution is -0.114. The number of hydrogen-bond donors (Lipinski definition) is 1.